The number of benzene rings is 2. The quantitative estimate of drug-likeness (QED) is 0.804. The molecular formula is C23H27N2O4+. The highest BCUT2D eigenvalue weighted by Gasteiger charge is 2.54. The van der Waals surface area contributed by atoms with E-state index in [1.165, 1.54) is 12.3 Å². The maximum atomic E-state index is 12.0. The molecule has 2 aromatic rings. The fraction of sp³-hybridized carbons (Fsp3) is 0.435. The van der Waals surface area contributed by atoms with Crippen LogP contribution in [0.4, 0.5) is 5.69 Å². The van der Waals surface area contributed by atoms with E-state index in [1.54, 1.807) is 0 Å². The van der Waals surface area contributed by atoms with Crippen LogP contribution in [0.2, 0.25) is 0 Å². The summed E-state index contributed by atoms with van der Waals surface area (Å²) in [5.74, 6) is 3.47. The summed E-state index contributed by atoms with van der Waals surface area (Å²) in [5, 5.41) is 12.0. The summed E-state index contributed by atoms with van der Waals surface area (Å²) in [7, 11) is 0. The van der Waals surface area contributed by atoms with E-state index in [9.17, 15) is 5.11 Å². The fourth-order valence-electron chi connectivity index (χ4n) is 4.62. The van der Waals surface area contributed by atoms with Crippen LogP contribution in [0.15, 0.2) is 42.5 Å². The van der Waals surface area contributed by atoms with Crippen LogP contribution in [0.25, 0.3) is 0 Å². The maximum absolute atomic E-state index is 12.0. The number of fused-ring (bicyclic) bond motifs is 1. The molecule has 0 amide bonds. The number of nitrogens with zero attached hydrogens (tertiary/aromatic N) is 2. The van der Waals surface area contributed by atoms with E-state index in [-0.39, 0.29) is 6.79 Å². The van der Waals surface area contributed by atoms with Gasteiger partial charge in [0.1, 0.15) is 11.4 Å². The predicted molar refractivity (Wildman–Crippen MR) is 110 cm³/mol. The molecule has 0 bridgehead atoms. The second kappa shape index (κ2) is 7.26. The molecule has 0 fully saturated rings. The minimum Gasteiger partial charge on any atom is -0.494 e. The third-order valence-corrected chi connectivity index (χ3v) is 5.97. The van der Waals surface area contributed by atoms with Crippen molar-refractivity contribution in [3.05, 3.63) is 48.0 Å². The van der Waals surface area contributed by atoms with Crippen molar-refractivity contribution in [1.82, 2.24) is 0 Å². The molecule has 3 heterocycles. The van der Waals surface area contributed by atoms with E-state index in [1.807, 2.05) is 49.4 Å². The molecule has 6 nitrogen and oxygen atoms in total. The lowest BCUT2D eigenvalue weighted by molar-refractivity contribution is -0.534. The Bertz CT molecular complexity index is 940. The number of ether oxygens (including phenoxy) is 3. The van der Waals surface area contributed by atoms with Crippen molar-refractivity contribution >= 4 is 11.5 Å². The summed E-state index contributed by atoms with van der Waals surface area (Å²) < 4.78 is 19.0. The molecule has 0 spiro atoms. The minimum absolute atomic E-state index is 0.241. The van der Waals surface area contributed by atoms with Gasteiger partial charge in [-0.15, -0.1) is 0 Å². The van der Waals surface area contributed by atoms with E-state index < -0.39 is 5.72 Å². The number of anilines is 1. The van der Waals surface area contributed by atoms with E-state index >= 15 is 0 Å². The van der Waals surface area contributed by atoms with Crippen LogP contribution in [-0.2, 0) is 5.72 Å². The van der Waals surface area contributed by atoms with Crippen LogP contribution in [0.5, 0.6) is 17.2 Å². The van der Waals surface area contributed by atoms with Crippen LogP contribution >= 0.6 is 0 Å². The smallest absolute Gasteiger partial charge is 0.275 e. The van der Waals surface area contributed by atoms with Gasteiger partial charge in [0.2, 0.25) is 6.79 Å². The SMILES string of the molecule is CCOc1ccc([C@@]2(O)C[N+]3=C(CCCCC3)N2c2ccc3c(c2)OCO3)cc1. The Balaban J connectivity index is 1.58. The van der Waals surface area contributed by atoms with E-state index in [2.05, 4.69) is 9.48 Å². The Hall–Kier alpha value is -2.73. The highest BCUT2D eigenvalue weighted by atomic mass is 16.7. The lowest BCUT2D eigenvalue weighted by Crippen LogP contribution is -2.47. The Kier molecular flexibility index (Phi) is 4.59. The van der Waals surface area contributed by atoms with Crippen LogP contribution < -0.4 is 19.1 Å². The molecule has 2 aromatic carbocycles. The largest absolute Gasteiger partial charge is 0.494 e. The lowest BCUT2D eigenvalue weighted by Gasteiger charge is -2.29. The zero-order chi connectivity index (χ0) is 19.8. The van der Waals surface area contributed by atoms with Gasteiger partial charge in [-0.2, -0.15) is 4.90 Å². The molecule has 0 aromatic heterocycles. The van der Waals surface area contributed by atoms with Crippen LogP contribution in [0, 0.1) is 0 Å². The first kappa shape index (κ1) is 18.3. The molecule has 1 atom stereocenters. The standard InChI is InChI=1S/C23H27N2O4/c1-2-27-19-10-7-17(8-11-19)23(26)15-24-13-5-3-4-6-22(24)25(23)18-9-12-20-21(14-18)29-16-28-20/h7-12,14,26H,2-6,13,15-16H2,1H3/q+1/t23-/m0/s1. The number of hydrogen-bond acceptors (Lipinski definition) is 5. The summed E-state index contributed by atoms with van der Waals surface area (Å²) in [6.07, 6.45) is 4.45. The highest BCUT2D eigenvalue weighted by Crippen LogP contribution is 2.42. The molecule has 6 heteroatoms. The number of aliphatic hydroxyl groups is 1. The molecule has 3 aliphatic heterocycles. The second-order valence-corrected chi connectivity index (χ2v) is 7.80. The van der Waals surface area contributed by atoms with Gasteiger partial charge in [-0.05, 0) is 62.6 Å². The van der Waals surface area contributed by atoms with Gasteiger partial charge in [-0.25, -0.2) is 0 Å². The van der Waals surface area contributed by atoms with Crippen molar-refractivity contribution < 1.29 is 23.9 Å². The summed E-state index contributed by atoms with van der Waals surface area (Å²) in [6, 6.07) is 13.7. The van der Waals surface area contributed by atoms with Crippen molar-refractivity contribution in [2.45, 2.75) is 38.3 Å². The van der Waals surface area contributed by atoms with E-state index in [0.717, 1.165) is 54.3 Å². The first-order chi connectivity index (χ1) is 14.2. The molecule has 29 heavy (non-hydrogen) atoms. The normalized spacial score (nSPS) is 23.2. The Labute approximate surface area is 170 Å². The Morgan fingerprint density at radius 3 is 2.72 bits per heavy atom. The molecule has 0 aliphatic carbocycles. The monoisotopic (exact) mass is 395 g/mol. The molecule has 1 N–H and O–H groups in total. The molecule has 0 unspecified atom stereocenters. The molecular weight excluding hydrogens is 368 g/mol. The second-order valence-electron chi connectivity index (χ2n) is 7.80. The molecule has 0 saturated carbocycles. The molecule has 5 rings (SSSR count). The lowest BCUT2D eigenvalue weighted by atomic mass is 9.99. The molecule has 3 aliphatic rings. The molecule has 152 valence electrons. The van der Waals surface area contributed by atoms with Crippen molar-refractivity contribution in [3.8, 4) is 17.2 Å². The van der Waals surface area contributed by atoms with Crippen molar-refractivity contribution in [3.63, 3.8) is 0 Å². The summed E-state index contributed by atoms with van der Waals surface area (Å²) in [6.45, 7) is 4.35. The highest BCUT2D eigenvalue weighted by molar-refractivity contribution is 5.97. The number of amidine groups is 1. The van der Waals surface area contributed by atoms with Gasteiger partial charge >= 0.3 is 0 Å². The van der Waals surface area contributed by atoms with Crippen LogP contribution in [0.3, 0.4) is 0 Å². The zero-order valence-corrected chi connectivity index (χ0v) is 16.8. The van der Waals surface area contributed by atoms with Gasteiger partial charge in [0.25, 0.3) is 11.6 Å². The maximum Gasteiger partial charge on any atom is 0.275 e. The van der Waals surface area contributed by atoms with Gasteiger partial charge in [0.05, 0.1) is 13.2 Å². The minimum atomic E-state index is -1.15. The van der Waals surface area contributed by atoms with E-state index in [0.29, 0.717) is 13.2 Å². The topological polar surface area (TPSA) is 54.2 Å². The third-order valence-electron chi connectivity index (χ3n) is 5.97. The molecule has 0 saturated heterocycles. The van der Waals surface area contributed by atoms with Gasteiger partial charge in [0.15, 0.2) is 18.0 Å². The van der Waals surface area contributed by atoms with Crippen molar-refractivity contribution in [1.29, 1.82) is 0 Å². The van der Waals surface area contributed by atoms with Gasteiger partial charge in [-0.3, -0.25) is 4.58 Å². The average Bonchev–Trinajstić information content (AvgIpc) is 3.23. The Morgan fingerprint density at radius 2 is 1.90 bits per heavy atom. The summed E-state index contributed by atoms with van der Waals surface area (Å²) >= 11 is 0. The first-order valence-electron chi connectivity index (χ1n) is 10.5. The van der Waals surface area contributed by atoms with Crippen LogP contribution in [-0.4, -0.2) is 42.0 Å². The first-order valence-corrected chi connectivity index (χ1v) is 10.5. The van der Waals surface area contributed by atoms with Crippen molar-refractivity contribution in [2.24, 2.45) is 0 Å². The predicted octanol–water partition coefficient (Wildman–Crippen LogP) is 3.46. The summed E-state index contributed by atoms with van der Waals surface area (Å²) in [5.41, 5.74) is 0.634. The van der Waals surface area contributed by atoms with E-state index in [4.69, 9.17) is 14.2 Å². The van der Waals surface area contributed by atoms with Crippen LogP contribution in [0.1, 0.15) is 38.2 Å². The van der Waals surface area contributed by atoms with Gasteiger partial charge in [-0.1, -0.05) is 0 Å². The zero-order valence-electron chi connectivity index (χ0n) is 16.8. The van der Waals surface area contributed by atoms with Gasteiger partial charge < -0.3 is 19.3 Å². The van der Waals surface area contributed by atoms with Gasteiger partial charge in [0, 0.05) is 18.1 Å². The summed E-state index contributed by atoms with van der Waals surface area (Å²) in [4.78, 5) is 2.09. The average molecular weight is 395 g/mol. The van der Waals surface area contributed by atoms with Crippen molar-refractivity contribution in [2.75, 3.05) is 31.4 Å². The fourth-order valence-corrected chi connectivity index (χ4v) is 4.62. The number of rotatable bonds is 4. The molecule has 0 radical (unpaired) electrons. The third kappa shape index (κ3) is 3.12. The Morgan fingerprint density at radius 1 is 1.07 bits per heavy atom. The number of hydrogen-bond donors (Lipinski definition) is 1.